The summed E-state index contributed by atoms with van der Waals surface area (Å²) in [6.07, 6.45) is 7.00. The molecule has 0 spiro atoms. The minimum absolute atomic E-state index is 0.109. The second-order valence-electron chi connectivity index (χ2n) is 6.88. The van der Waals surface area contributed by atoms with Gasteiger partial charge in [-0.1, -0.05) is 30.4 Å². The maximum absolute atomic E-state index is 12.5. The minimum Gasteiger partial charge on any atom is -0.465 e. The van der Waals surface area contributed by atoms with Crippen LogP contribution < -0.4 is 5.32 Å². The van der Waals surface area contributed by atoms with Crippen molar-refractivity contribution in [3.8, 4) is 17.2 Å². The molecule has 2 aromatic carbocycles. The Labute approximate surface area is 179 Å². The van der Waals surface area contributed by atoms with Gasteiger partial charge in [-0.2, -0.15) is 5.26 Å². The standard InChI is InChI=1S/C25H17N3O3/c1-31-25(30)19-9-7-17(8-10-19)20-11-12-21-23(13-20)28-24(29)14-22(27-21)18-4-2-3-16(15-26)5-6-18/h2-4,6-13H,14H2,1H3,(H,28,29). The predicted molar refractivity (Wildman–Crippen MR) is 118 cm³/mol. The van der Waals surface area contributed by atoms with Crippen molar-refractivity contribution >= 4 is 29.0 Å². The van der Waals surface area contributed by atoms with Crippen molar-refractivity contribution in [1.29, 1.82) is 5.26 Å². The highest BCUT2D eigenvalue weighted by Gasteiger charge is 2.18. The second kappa shape index (κ2) is 8.50. The molecule has 1 aliphatic carbocycles. The Morgan fingerprint density at radius 2 is 1.97 bits per heavy atom. The van der Waals surface area contributed by atoms with Crippen LogP contribution in [0.25, 0.3) is 11.1 Å². The number of nitriles is 1. The van der Waals surface area contributed by atoms with Gasteiger partial charge in [0.15, 0.2) is 0 Å². The largest absolute Gasteiger partial charge is 0.465 e. The van der Waals surface area contributed by atoms with Crippen molar-refractivity contribution < 1.29 is 14.3 Å². The third kappa shape index (κ3) is 4.27. The minimum atomic E-state index is -0.393. The number of fused-ring (bicyclic) bond motifs is 1. The summed E-state index contributed by atoms with van der Waals surface area (Å²) in [5.41, 5.74) is 8.15. The molecule has 0 fully saturated rings. The lowest BCUT2D eigenvalue weighted by Crippen LogP contribution is -2.15. The fourth-order valence-corrected chi connectivity index (χ4v) is 3.28. The second-order valence-corrected chi connectivity index (χ2v) is 6.88. The number of aliphatic imine (C=N–C) groups is 1. The first-order valence-electron chi connectivity index (χ1n) is 9.53. The number of hydrogen-bond acceptors (Lipinski definition) is 5. The van der Waals surface area contributed by atoms with E-state index in [-0.39, 0.29) is 12.3 Å². The molecule has 0 aromatic heterocycles. The van der Waals surface area contributed by atoms with Crippen molar-refractivity contribution in [2.24, 2.45) is 4.99 Å². The summed E-state index contributed by atoms with van der Waals surface area (Å²) in [6, 6.07) is 14.7. The van der Waals surface area contributed by atoms with Gasteiger partial charge in [-0.15, -0.1) is 5.73 Å². The van der Waals surface area contributed by atoms with E-state index in [1.165, 1.54) is 7.11 Å². The highest BCUT2D eigenvalue weighted by molar-refractivity contribution is 6.18. The first-order chi connectivity index (χ1) is 15.1. The van der Waals surface area contributed by atoms with E-state index < -0.39 is 5.97 Å². The van der Waals surface area contributed by atoms with Crippen LogP contribution in [0, 0.1) is 11.3 Å². The maximum atomic E-state index is 12.5. The Bertz CT molecular complexity index is 1280. The summed E-state index contributed by atoms with van der Waals surface area (Å²) >= 11 is 0. The summed E-state index contributed by atoms with van der Waals surface area (Å²) in [5.74, 6) is -0.571. The number of carbonyl (C=O) groups is 2. The summed E-state index contributed by atoms with van der Waals surface area (Å²) in [6.45, 7) is 0. The number of hydrogen-bond donors (Lipinski definition) is 1. The third-order valence-electron chi connectivity index (χ3n) is 4.87. The molecule has 2 aromatic rings. The zero-order valence-corrected chi connectivity index (χ0v) is 16.7. The van der Waals surface area contributed by atoms with Gasteiger partial charge < -0.3 is 10.1 Å². The van der Waals surface area contributed by atoms with Gasteiger partial charge in [0.1, 0.15) is 6.07 Å². The van der Waals surface area contributed by atoms with Gasteiger partial charge >= 0.3 is 5.97 Å². The third-order valence-corrected chi connectivity index (χ3v) is 4.87. The number of benzene rings is 2. The smallest absolute Gasteiger partial charge is 0.337 e. The molecule has 6 nitrogen and oxygen atoms in total. The normalized spacial score (nSPS) is 14.7. The summed E-state index contributed by atoms with van der Waals surface area (Å²) in [4.78, 5) is 28.8. The van der Waals surface area contributed by atoms with Crippen molar-refractivity contribution in [1.82, 2.24) is 0 Å². The number of nitrogens with zero attached hydrogens (tertiary/aromatic N) is 2. The van der Waals surface area contributed by atoms with Gasteiger partial charge in [0.2, 0.25) is 5.91 Å². The van der Waals surface area contributed by atoms with Gasteiger partial charge in [0.25, 0.3) is 0 Å². The number of allylic oxidation sites excluding steroid dienone is 5. The van der Waals surface area contributed by atoms with Crippen molar-refractivity contribution in [2.75, 3.05) is 12.4 Å². The predicted octanol–water partition coefficient (Wildman–Crippen LogP) is 4.66. The molecule has 4 rings (SSSR count). The van der Waals surface area contributed by atoms with Crippen LogP contribution in [0.5, 0.6) is 0 Å². The quantitative estimate of drug-likeness (QED) is 0.592. The summed E-state index contributed by atoms with van der Waals surface area (Å²) in [7, 11) is 1.34. The zero-order valence-electron chi connectivity index (χ0n) is 16.7. The van der Waals surface area contributed by atoms with Gasteiger partial charge in [-0.05, 0) is 47.5 Å². The number of amides is 1. The Kier molecular flexibility index (Phi) is 5.44. The number of methoxy groups -OCH3 is 1. The van der Waals surface area contributed by atoms with E-state index in [1.807, 2.05) is 42.5 Å². The Morgan fingerprint density at radius 3 is 2.71 bits per heavy atom. The van der Waals surface area contributed by atoms with Crippen LogP contribution >= 0.6 is 0 Å². The van der Waals surface area contributed by atoms with Crippen LogP contribution in [0.4, 0.5) is 11.4 Å². The number of esters is 1. The van der Waals surface area contributed by atoms with E-state index >= 15 is 0 Å². The lowest BCUT2D eigenvalue weighted by molar-refractivity contribution is -0.115. The first kappa shape index (κ1) is 19.8. The molecule has 6 heteroatoms. The van der Waals surface area contributed by atoms with E-state index in [0.29, 0.717) is 28.2 Å². The lowest BCUT2D eigenvalue weighted by atomic mass is 10.0. The topological polar surface area (TPSA) is 91.5 Å². The van der Waals surface area contributed by atoms with Crippen molar-refractivity contribution in [3.63, 3.8) is 0 Å². The van der Waals surface area contributed by atoms with Crippen LogP contribution in [0.15, 0.2) is 88.6 Å². The maximum Gasteiger partial charge on any atom is 0.337 e. The molecule has 150 valence electrons. The van der Waals surface area contributed by atoms with E-state index in [0.717, 1.165) is 16.7 Å². The Hall–Kier alpha value is -4.46. The number of anilines is 1. The molecular weight excluding hydrogens is 390 g/mol. The molecule has 0 bridgehead atoms. The van der Waals surface area contributed by atoms with Gasteiger partial charge in [0.05, 0.1) is 41.8 Å². The number of ether oxygens (including phenoxy) is 1. The van der Waals surface area contributed by atoms with E-state index in [4.69, 9.17) is 15.0 Å². The molecular formula is C25H17N3O3. The fraction of sp³-hybridized carbons (Fsp3) is 0.0800. The molecule has 0 saturated carbocycles. The van der Waals surface area contributed by atoms with Crippen LogP contribution in [-0.2, 0) is 9.53 Å². The van der Waals surface area contributed by atoms with Gasteiger partial charge in [-0.3, -0.25) is 9.79 Å². The van der Waals surface area contributed by atoms with Gasteiger partial charge in [-0.25, -0.2) is 4.79 Å². The molecule has 0 radical (unpaired) electrons. The summed E-state index contributed by atoms with van der Waals surface area (Å²) < 4.78 is 4.73. The summed E-state index contributed by atoms with van der Waals surface area (Å²) in [5, 5.41) is 12.0. The lowest BCUT2D eigenvalue weighted by Gasteiger charge is -2.09. The Balaban J connectivity index is 1.69. The molecule has 0 unspecified atom stereocenters. The van der Waals surface area contributed by atoms with Gasteiger partial charge in [0, 0.05) is 5.57 Å². The van der Waals surface area contributed by atoms with Crippen molar-refractivity contribution in [3.05, 3.63) is 89.2 Å². The Morgan fingerprint density at radius 1 is 1.19 bits per heavy atom. The molecule has 2 aliphatic rings. The molecule has 1 heterocycles. The molecule has 31 heavy (non-hydrogen) atoms. The SMILES string of the molecule is COC(=O)c1ccc(-c2ccc3c(c2)NC(=O)CC(C2=CC=CC(C#N)=C=C2)=N3)cc1. The van der Waals surface area contributed by atoms with Crippen LogP contribution in [0.2, 0.25) is 0 Å². The van der Waals surface area contributed by atoms with Crippen molar-refractivity contribution in [2.45, 2.75) is 6.42 Å². The van der Waals surface area contributed by atoms with Crippen LogP contribution in [0.3, 0.4) is 0 Å². The van der Waals surface area contributed by atoms with E-state index in [2.05, 4.69) is 11.0 Å². The number of carbonyl (C=O) groups excluding carboxylic acids is 2. The molecule has 1 N–H and O–H groups in total. The van der Waals surface area contributed by atoms with E-state index in [9.17, 15) is 9.59 Å². The fourth-order valence-electron chi connectivity index (χ4n) is 3.28. The number of rotatable bonds is 3. The van der Waals surface area contributed by atoms with Crippen LogP contribution in [0.1, 0.15) is 16.8 Å². The first-order valence-corrected chi connectivity index (χ1v) is 9.53. The highest BCUT2D eigenvalue weighted by atomic mass is 16.5. The van der Waals surface area contributed by atoms with E-state index in [1.54, 1.807) is 30.4 Å². The monoisotopic (exact) mass is 407 g/mol. The zero-order chi connectivity index (χ0) is 21.8. The molecule has 1 aliphatic heterocycles. The highest BCUT2D eigenvalue weighted by Crippen LogP contribution is 2.34. The molecule has 1 amide bonds. The van der Waals surface area contributed by atoms with Crippen LogP contribution in [-0.4, -0.2) is 24.7 Å². The molecule has 0 saturated heterocycles. The number of nitrogens with one attached hydrogen (secondary N) is 1. The average molecular weight is 407 g/mol. The average Bonchev–Trinajstić information content (AvgIpc) is 3.13. The molecule has 0 atom stereocenters.